The van der Waals surface area contributed by atoms with Gasteiger partial charge in [-0.2, -0.15) is 8.42 Å². The van der Waals surface area contributed by atoms with Gasteiger partial charge in [0.2, 0.25) is 0 Å². The highest BCUT2D eigenvalue weighted by molar-refractivity contribution is 8.00. The Morgan fingerprint density at radius 3 is 1.37 bits per heavy atom. The van der Waals surface area contributed by atoms with E-state index in [0.29, 0.717) is 38.6 Å². The summed E-state index contributed by atoms with van der Waals surface area (Å²) in [7, 11) is -3.52. The molecule has 0 aromatic heterocycles. The van der Waals surface area contributed by atoms with E-state index in [-0.39, 0.29) is 13.0 Å². The minimum atomic E-state index is -3.52. The van der Waals surface area contributed by atoms with Crippen LogP contribution in [0.15, 0.2) is 12.2 Å². The lowest BCUT2D eigenvalue weighted by atomic mass is 10.1. The van der Waals surface area contributed by atoms with Gasteiger partial charge in [-0.1, -0.05) is 103 Å². The zero-order chi connectivity index (χ0) is 35.8. The second-order valence-corrected chi connectivity index (χ2v) is 15.5. The molecule has 1 aliphatic heterocycles. The van der Waals surface area contributed by atoms with Gasteiger partial charge in [0.1, 0.15) is 5.25 Å². The summed E-state index contributed by atoms with van der Waals surface area (Å²) in [4.78, 5) is 49.0. The third kappa shape index (κ3) is 30.4. The standard InChI is InChI=1S/C36H62O11S2/c1-49(41,42)47-29-22-30-48-32-31-35(39)45-27-20-16-12-8-3-2-6-10-14-18-25-43-33(37)23-24-34(38)44-26-19-15-11-7-4-5-9-13-17-21-28-46-36(32)40/h23-24,32H,2-22,25-31H2,1H3/b24-23+. The van der Waals surface area contributed by atoms with Crippen LogP contribution in [0.5, 0.6) is 0 Å². The molecule has 0 N–H and O–H groups in total. The molecule has 1 aliphatic rings. The van der Waals surface area contributed by atoms with Crippen molar-refractivity contribution in [1.29, 1.82) is 0 Å². The summed E-state index contributed by atoms with van der Waals surface area (Å²) in [6.07, 6.45) is 23.9. The van der Waals surface area contributed by atoms with Crippen LogP contribution in [-0.2, 0) is 52.4 Å². The van der Waals surface area contributed by atoms with Crippen LogP contribution in [0.2, 0.25) is 0 Å². The maximum atomic E-state index is 12.8. The Bertz CT molecular complexity index is 1030. The first kappa shape index (κ1) is 44.9. The van der Waals surface area contributed by atoms with Crippen molar-refractivity contribution in [1.82, 2.24) is 0 Å². The highest BCUT2D eigenvalue weighted by atomic mass is 32.2. The van der Waals surface area contributed by atoms with Crippen molar-refractivity contribution < 1.29 is 50.7 Å². The first-order valence-corrected chi connectivity index (χ1v) is 21.3. The van der Waals surface area contributed by atoms with Gasteiger partial charge in [0.25, 0.3) is 10.1 Å². The number of carbonyl (C=O) groups is 4. The van der Waals surface area contributed by atoms with Crippen molar-refractivity contribution >= 4 is 45.8 Å². The molecule has 1 rings (SSSR count). The monoisotopic (exact) mass is 734 g/mol. The Balaban J connectivity index is 2.47. The highest BCUT2D eigenvalue weighted by Crippen LogP contribution is 2.20. The Hall–Kier alpha value is -2.12. The summed E-state index contributed by atoms with van der Waals surface area (Å²) in [6.45, 7) is 1.32. The molecule has 13 heteroatoms. The minimum absolute atomic E-state index is 0.0196. The number of hydrogen-bond donors (Lipinski definition) is 0. The first-order valence-electron chi connectivity index (χ1n) is 18.5. The average Bonchev–Trinajstić information content (AvgIpc) is 3.05. The van der Waals surface area contributed by atoms with Gasteiger partial charge in [0, 0.05) is 12.2 Å². The van der Waals surface area contributed by atoms with Gasteiger partial charge >= 0.3 is 23.9 Å². The van der Waals surface area contributed by atoms with Crippen LogP contribution in [0.25, 0.3) is 0 Å². The maximum absolute atomic E-state index is 12.8. The molecule has 0 aromatic carbocycles. The number of carbonyl (C=O) groups excluding carboxylic acids is 4. The van der Waals surface area contributed by atoms with Crippen molar-refractivity contribution in [3.63, 3.8) is 0 Å². The van der Waals surface area contributed by atoms with Crippen molar-refractivity contribution in [3.05, 3.63) is 12.2 Å². The van der Waals surface area contributed by atoms with Crippen LogP contribution < -0.4 is 0 Å². The molecule has 0 radical (unpaired) electrons. The van der Waals surface area contributed by atoms with Crippen LogP contribution in [0, 0.1) is 0 Å². The molecule has 49 heavy (non-hydrogen) atoms. The van der Waals surface area contributed by atoms with Crippen LogP contribution >= 0.6 is 11.8 Å². The summed E-state index contributed by atoms with van der Waals surface area (Å²) >= 11 is 1.27. The molecule has 1 atom stereocenters. The van der Waals surface area contributed by atoms with E-state index < -0.39 is 39.2 Å². The maximum Gasteiger partial charge on any atom is 0.331 e. The van der Waals surface area contributed by atoms with Crippen LogP contribution in [0.1, 0.15) is 141 Å². The number of ether oxygens (including phenoxy) is 4. The highest BCUT2D eigenvalue weighted by Gasteiger charge is 2.25. The van der Waals surface area contributed by atoms with Gasteiger partial charge in [-0.05, 0) is 37.9 Å². The summed E-state index contributed by atoms with van der Waals surface area (Å²) < 4.78 is 48.4. The van der Waals surface area contributed by atoms with E-state index in [2.05, 4.69) is 0 Å². The van der Waals surface area contributed by atoms with Gasteiger partial charge < -0.3 is 18.9 Å². The SMILES string of the molecule is CS(=O)(=O)OCCCSC1CC(=O)OCCCCCCCCCCCCOC(=O)/C=C/C(=O)OCCCCCCCCCCCCOC1=O. The van der Waals surface area contributed by atoms with E-state index in [9.17, 15) is 27.6 Å². The first-order chi connectivity index (χ1) is 23.7. The summed E-state index contributed by atoms with van der Waals surface area (Å²) in [6, 6.07) is 0. The Labute approximate surface area is 299 Å². The smallest absolute Gasteiger partial charge is 0.331 e. The molecule has 0 amide bonds. The summed E-state index contributed by atoms with van der Waals surface area (Å²) in [5.74, 6) is -1.47. The fraction of sp³-hybridized carbons (Fsp3) is 0.833. The molecular weight excluding hydrogens is 673 g/mol. The molecule has 0 aromatic rings. The molecule has 0 fully saturated rings. The zero-order valence-electron chi connectivity index (χ0n) is 29.8. The van der Waals surface area contributed by atoms with E-state index in [1.165, 1.54) is 11.8 Å². The minimum Gasteiger partial charge on any atom is -0.466 e. The van der Waals surface area contributed by atoms with Gasteiger partial charge in [0.15, 0.2) is 0 Å². The second kappa shape index (κ2) is 30.7. The predicted molar refractivity (Wildman–Crippen MR) is 192 cm³/mol. The van der Waals surface area contributed by atoms with Crippen molar-refractivity contribution in [2.75, 3.05) is 45.0 Å². The van der Waals surface area contributed by atoms with E-state index >= 15 is 0 Å². The molecule has 0 saturated heterocycles. The Morgan fingerprint density at radius 1 is 0.592 bits per heavy atom. The average molecular weight is 735 g/mol. The normalized spacial score (nSPS) is 22.5. The van der Waals surface area contributed by atoms with Gasteiger partial charge in [-0.25, -0.2) is 9.59 Å². The lowest BCUT2D eigenvalue weighted by Crippen LogP contribution is -2.25. The largest absolute Gasteiger partial charge is 0.466 e. The molecular formula is C36H62O11S2. The van der Waals surface area contributed by atoms with Gasteiger partial charge in [0.05, 0.1) is 45.7 Å². The number of hydrogen-bond acceptors (Lipinski definition) is 12. The van der Waals surface area contributed by atoms with Gasteiger partial charge in [-0.15, -0.1) is 11.8 Å². The van der Waals surface area contributed by atoms with Crippen LogP contribution in [0.3, 0.4) is 0 Å². The fourth-order valence-electron chi connectivity index (χ4n) is 5.18. The van der Waals surface area contributed by atoms with Crippen molar-refractivity contribution in [3.8, 4) is 0 Å². The third-order valence-corrected chi connectivity index (χ3v) is 9.83. The Kier molecular flexibility index (Phi) is 28.1. The Morgan fingerprint density at radius 2 is 0.959 bits per heavy atom. The van der Waals surface area contributed by atoms with E-state index in [1.807, 2.05) is 0 Å². The quantitative estimate of drug-likeness (QED) is 0.116. The predicted octanol–water partition coefficient (Wildman–Crippen LogP) is 7.39. The molecule has 1 heterocycles. The lowest BCUT2D eigenvalue weighted by molar-refractivity contribution is -0.149. The number of esters is 4. The third-order valence-electron chi connectivity index (χ3n) is 7.95. The molecule has 284 valence electrons. The molecule has 0 aliphatic carbocycles. The lowest BCUT2D eigenvalue weighted by Gasteiger charge is -2.15. The topological polar surface area (TPSA) is 149 Å². The molecule has 0 spiro atoms. The summed E-state index contributed by atoms with van der Waals surface area (Å²) in [5.41, 5.74) is 0. The second-order valence-electron chi connectivity index (χ2n) is 12.6. The van der Waals surface area contributed by atoms with Gasteiger partial charge in [-0.3, -0.25) is 13.8 Å². The van der Waals surface area contributed by atoms with Crippen molar-refractivity contribution in [2.24, 2.45) is 0 Å². The molecule has 0 bridgehead atoms. The van der Waals surface area contributed by atoms with E-state index in [4.69, 9.17) is 23.1 Å². The van der Waals surface area contributed by atoms with Crippen LogP contribution in [0.4, 0.5) is 0 Å². The van der Waals surface area contributed by atoms with Crippen molar-refractivity contribution in [2.45, 2.75) is 147 Å². The zero-order valence-corrected chi connectivity index (χ0v) is 31.5. The fourth-order valence-corrected chi connectivity index (χ4v) is 6.63. The number of cyclic esters (lactones) is 4. The van der Waals surface area contributed by atoms with E-state index in [1.54, 1.807) is 0 Å². The van der Waals surface area contributed by atoms with Crippen LogP contribution in [-0.4, -0.2) is 82.6 Å². The number of rotatable bonds is 6. The molecule has 1 unspecified atom stereocenters. The molecule has 11 nitrogen and oxygen atoms in total. The molecule has 0 saturated carbocycles. The van der Waals surface area contributed by atoms with E-state index in [0.717, 1.165) is 147 Å². The number of thioether (sulfide) groups is 1. The summed E-state index contributed by atoms with van der Waals surface area (Å²) in [5, 5.41) is -0.707.